The Morgan fingerprint density at radius 1 is 1.05 bits per heavy atom. The number of H-pyrrole nitrogens is 1. The SMILES string of the molecule is NCc1ccc(C2NCCc3c2[nH]c2ccccc32)cc1. The summed E-state index contributed by atoms with van der Waals surface area (Å²) in [5, 5.41) is 4.99. The van der Waals surface area contributed by atoms with E-state index in [4.69, 9.17) is 5.73 Å². The normalized spacial score (nSPS) is 17.9. The van der Waals surface area contributed by atoms with E-state index in [-0.39, 0.29) is 6.04 Å². The fourth-order valence-corrected chi connectivity index (χ4v) is 3.31. The van der Waals surface area contributed by atoms with Gasteiger partial charge in [0.25, 0.3) is 0 Å². The summed E-state index contributed by atoms with van der Waals surface area (Å²) in [4.78, 5) is 3.61. The van der Waals surface area contributed by atoms with Crippen molar-refractivity contribution in [2.75, 3.05) is 6.54 Å². The lowest BCUT2D eigenvalue weighted by Gasteiger charge is -2.25. The molecule has 4 N–H and O–H groups in total. The Kier molecular flexibility index (Phi) is 3.02. The monoisotopic (exact) mass is 277 g/mol. The lowest BCUT2D eigenvalue weighted by atomic mass is 9.94. The summed E-state index contributed by atoms with van der Waals surface area (Å²) < 4.78 is 0. The molecule has 0 radical (unpaired) electrons. The molecule has 0 fully saturated rings. The first-order valence-corrected chi connectivity index (χ1v) is 7.48. The summed E-state index contributed by atoms with van der Waals surface area (Å²) >= 11 is 0. The molecule has 1 unspecified atom stereocenters. The molecule has 3 aromatic rings. The molecule has 2 aromatic carbocycles. The first-order valence-electron chi connectivity index (χ1n) is 7.48. The molecule has 4 rings (SSSR count). The van der Waals surface area contributed by atoms with Crippen LogP contribution in [0.5, 0.6) is 0 Å². The van der Waals surface area contributed by atoms with E-state index in [1.807, 2.05) is 0 Å². The Bertz CT molecular complexity index is 771. The Morgan fingerprint density at radius 2 is 1.86 bits per heavy atom. The van der Waals surface area contributed by atoms with E-state index in [0.717, 1.165) is 13.0 Å². The quantitative estimate of drug-likeness (QED) is 0.674. The second-order valence-corrected chi connectivity index (χ2v) is 5.65. The number of hydrogen-bond donors (Lipinski definition) is 3. The van der Waals surface area contributed by atoms with Gasteiger partial charge in [-0.05, 0) is 29.2 Å². The summed E-state index contributed by atoms with van der Waals surface area (Å²) in [6, 6.07) is 17.4. The van der Waals surface area contributed by atoms with Crippen LogP contribution >= 0.6 is 0 Å². The predicted octanol–water partition coefficient (Wildman–Crippen LogP) is 2.86. The fourth-order valence-electron chi connectivity index (χ4n) is 3.31. The highest BCUT2D eigenvalue weighted by Crippen LogP contribution is 2.33. The van der Waals surface area contributed by atoms with E-state index in [1.54, 1.807) is 0 Å². The molecule has 0 saturated heterocycles. The molecule has 0 spiro atoms. The van der Waals surface area contributed by atoms with E-state index < -0.39 is 0 Å². The van der Waals surface area contributed by atoms with Gasteiger partial charge in [0.2, 0.25) is 0 Å². The first-order chi connectivity index (χ1) is 10.4. The molecule has 0 amide bonds. The average Bonchev–Trinajstić information content (AvgIpc) is 2.94. The number of aromatic nitrogens is 1. The molecule has 0 bridgehead atoms. The van der Waals surface area contributed by atoms with Crippen molar-refractivity contribution in [1.29, 1.82) is 0 Å². The zero-order valence-corrected chi connectivity index (χ0v) is 11.9. The maximum atomic E-state index is 5.68. The second kappa shape index (κ2) is 5.02. The summed E-state index contributed by atoms with van der Waals surface area (Å²) in [5.41, 5.74) is 12.1. The molecule has 1 aliphatic rings. The molecular formula is C18H19N3. The Hall–Kier alpha value is -2.10. The molecule has 3 heteroatoms. The largest absolute Gasteiger partial charge is 0.357 e. The molecular weight excluding hydrogens is 258 g/mol. The van der Waals surface area contributed by atoms with E-state index >= 15 is 0 Å². The van der Waals surface area contributed by atoms with Gasteiger partial charge >= 0.3 is 0 Å². The highest BCUT2D eigenvalue weighted by molar-refractivity contribution is 5.85. The van der Waals surface area contributed by atoms with Crippen LogP contribution in [-0.4, -0.2) is 11.5 Å². The number of benzene rings is 2. The number of rotatable bonds is 2. The van der Waals surface area contributed by atoms with Gasteiger partial charge in [-0.25, -0.2) is 0 Å². The maximum absolute atomic E-state index is 5.68. The molecule has 0 saturated carbocycles. The number of fused-ring (bicyclic) bond motifs is 3. The van der Waals surface area contributed by atoms with Crippen LogP contribution in [0.15, 0.2) is 48.5 Å². The fraction of sp³-hybridized carbons (Fsp3) is 0.222. The molecule has 21 heavy (non-hydrogen) atoms. The van der Waals surface area contributed by atoms with Crippen molar-refractivity contribution in [3.63, 3.8) is 0 Å². The van der Waals surface area contributed by atoms with Crippen LogP contribution in [-0.2, 0) is 13.0 Å². The highest BCUT2D eigenvalue weighted by atomic mass is 15.0. The zero-order valence-electron chi connectivity index (χ0n) is 11.9. The van der Waals surface area contributed by atoms with Crippen molar-refractivity contribution in [3.05, 3.63) is 70.9 Å². The molecule has 1 aliphatic heterocycles. The van der Waals surface area contributed by atoms with Gasteiger partial charge < -0.3 is 16.0 Å². The standard InChI is InChI=1S/C18H19N3/c19-11-12-5-7-13(8-6-12)17-18-15(9-10-20-17)14-3-1-2-4-16(14)21-18/h1-8,17,20-21H,9-11,19H2. The number of nitrogens with one attached hydrogen (secondary N) is 2. The van der Waals surface area contributed by atoms with Gasteiger partial charge in [0.15, 0.2) is 0 Å². The van der Waals surface area contributed by atoms with E-state index in [1.165, 1.54) is 33.3 Å². The third-order valence-corrected chi connectivity index (χ3v) is 4.41. The van der Waals surface area contributed by atoms with Crippen LogP contribution < -0.4 is 11.1 Å². The lowest BCUT2D eigenvalue weighted by Crippen LogP contribution is -2.30. The molecule has 1 aromatic heterocycles. The number of nitrogens with two attached hydrogens (primary N) is 1. The number of hydrogen-bond acceptors (Lipinski definition) is 2. The number of para-hydroxylation sites is 1. The topological polar surface area (TPSA) is 53.8 Å². The molecule has 1 atom stereocenters. The minimum atomic E-state index is 0.243. The van der Waals surface area contributed by atoms with Gasteiger partial charge in [0.1, 0.15) is 0 Å². The van der Waals surface area contributed by atoms with Gasteiger partial charge in [-0.15, -0.1) is 0 Å². The summed E-state index contributed by atoms with van der Waals surface area (Å²) in [5.74, 6) is 0. The van der Waals surface area contributed by atoms with Crippen LogP contribution in [0.2, 0.25) is 0 Å². The van der Waals surface area contributed by atoms with Crippen molar-refractivity contribution < 1.29 is 0 Å². The van der Waals surface area contributed by atoms with Crippen molar-refractivity contribution in [2.24, 2.45) is 5.73 Å². The summed E-state index contributed by atoms with van der Waals surface area (Å²) in [6.45, 7) is 1.61. The maximum Gasteiger partial charge on any atom is 0.0732 e. The first kappa shape index (κ1) is 12.6. The smallest absolute Gasteiger partial charge is 0.0732 e. The molecule has 3 nitrogen and oxygen atoms in total. The van der Waals surface area contributed by atoms with Gasteiger partial charge in [-0.1, -0.05) is 42.5 Å². The van der Waals surface area contributed by atoms with Crippen LogP contribution in [0.1, 0.15) is 28.4 Å². The van der Waals surface area contributed by atoms with Gasteiger partial charge in [-0.2, -0.15) is 0 Å². The Balaban J connectivity index is 1.82. The van der Waals surface area contributed by atoms with E-state index in [2.05, 4.69) is 58.8 Å². The number of aromatic amines is 1. The van der Waals surface area contributed by atoms with Crippen LogP contribution in [0.25, 0.3) is 10.9 Å². The van der Waals surface area contributed by atoms with Crippen LogP contribution in [0, 0.1) is 0 Å². The van der Waals surface area contributed by atoms with Crippen molar-refractivity contribution in [3.8, 4) is 0 Å². The van der Waals surface area contributed by atoms with E-state index in [0.29, 0.717) is 6.54 Å². The third kappa shape index (κ3) is 2.06. The molecule has 106 valence electrons. The Morgan fingerprint density at radius 3 is 2.67 bits per heavy atom. The Labute approximate surface area is 124 Å². The molecule has 0 aliphatic carbocycles. The minimum Gasteiger partial charge on any atom is -0.357 e. The molecule has 2 heterocycles. The third-order valence-electron chi connectivity index (χ3n) is 4.41. The summed E-state index contributed by atoms with van der Waals surface area (Å²) in [7, 11) is 0. The second-order valence-electron chi connectivity index (χ2n) is 5.65. The lowest BCUT2D eigenvalue weighted by molar-refractivity contribution is 0.560. The van der Waals surface area contributed by atoms with Crippen LogP contribution in [0.4, 0.5) is 0 Å². The van der Waals surface area contributed by atoms with Crippen LogP contribution in [0.3, 0.4) is 0 Å². The zero-order chi connectivity index (χ0) is 14.2. The summed E-state index contributed by atoms with van der Waals surface area (Å²) in [6.07, 6.45) is 1.08. The van der Waals surface area contributed by atoms with Gasteiger partial charge in [0, 0.05) is 29.7 Å². The van der Waals surface area contributed by atoms with E-state index in [9.17, 15) is 0 Å². The van der Waals surface area contributed by atoms with Crippen molar-refractivity contribution in [1.82, 2.24) is 10.3 Å². The average molecular weight is 277 g/mol. The van der Waals surface area contributed by atoms with Gasteiger partial charge in [0.05, 0.1) is 6.04 Å². The van der Waals surface area contributed by atoms with Crippen molar-refractivity contribution >= 4 is 10.9 Å². The van der Waals surface area contributed by atoms with Gasteiger partial charge in [-0.3, -0.25) is 0 Å². The predicted molar refractivity (Wildman–Crippen MR) is 86.2 cm³/mol. The minimum absolute atomic E-state index is 0.243. The van der Waals surface area contributed by atoms with Crippen molar-refractivity contribution in [2.45, 2.75) is 19.0 Å². The highest BCUT2D eigenvalue weighted by Gasteiger charge is 2.24.